The summed E-state index contributed by atoms with van der Waals surface area (Å²) in [7, 11) is 0. The molecule has 6 heteroatoms. The maximum Gasteiger partial charge on any atom is 0.389 e. The molecule has 0 N–H and O–H groups in total. The number of hydrogen-bond donors (Lipinski definition) is 0. The smallest absolute Gasteiger partial charge is 0.338 e. The molecule has 1 aromatic rings. The maximum absolute atomic E-state index is 12.4. The van der Waals surface area contributed by atoms with Crippen LogP contribution in [-0.4, -0.2) is 47.6 Å². The minimum atomic E-state index is -4.26. The molecule has 132 valence electrons. The number of alkyl halides is 3. The summed E-state index contributed by atoms with van der Waals surface area (Å²) in [6, 6.07) is 10.2. The molecule has 1 amide bonds. The van der Waals surface area contributed by atoms with E-state index in [2.05, 4.69) is 17.0 Å². The molecule has 0 unspecified atom stereocenters. The third-order valence-corrected chi connectivity index (χ3v) is 4.98. The minimum absolute atomic E-state index is 0.0493. The van der Waals surface area contributed by atoms with Crippen molar-refractivity contribution in [2.24, 2.45) is 5.92 Å². The molecule has 1 aromatic carbocycles. The van der Waals surface area contributed by atoms with Gasteiger partial charge in [0.25, 0.3) is 0 Å². The van der Waals surface area contributed by atoms with E-state index in [1.54, 1.807) is 4.90 Å². The predicted molar refractivity (Wildman–Crippen MR) is 85.2 cm³/mol. The van der Waals surface area contributed by atoms with Crippen molar-refractivity contribution >= 4 is 5.91 Å². The van der Waals surface area contributed by atoms with Crippen LogP contribution in [-0.2, 0) is 11.3 Å². The lowest BCUT2D eigenvalue weighted by molar-refractivity contribution is -0.151. The summed E-state index contributed by atoms with van der Waals surface area (Å²) in [6.45, 7) is 3.10. The third kappa shape index (κ3) is 4.50. The number of rotatable bonds is 4. The second kappa shape index (κ2) is 7.13. The van der Waals surface area contributed by atoms with Crippen LogP contribution in [0.15, 0.2) is 30.3 Å². The van der Waals surface area contributed by atoms with Gasteiger partial charge in [0.2, 0.25) is 5.91 Å². The van der Waals surface area contributed by atoms with Crippen molar-refractivity contribution in [2.45, 2.75) is 44.4 Å². The van der Waals surface area contributed by atoms with Crippen LogP contribution in [0.4, 0.5) is 13.2 Å². The summed E-state index contributed by atoms with van der Waals surface area (Å²) in [6.07, 6.45) is -3.76. The molecule has 2 atom stereocenters. The number of nitrogens with zero attached hydrogens (tertiary/aromatic N) is 2. The molecular weight excluding hydrogens is 317 g/mol. The van der Waals surface area contributed by atoms with Gasteiger partial charge < -0.3 is 4.90 Å². The van der Waals surface area contributed by atoms with E-state index in [-0.39, 0.29) is 11.9 Å². The van der Waals surface area contributed by atoms with E-state index in [4.69, 9.17) is 0 Å². The summed E-state index contributed by atoms with van der Waals surface area (Å²) in [5.74, 6) is 0.0193. The molecule has 3 saturated heterocycles. The van der Waals surface area contributed by atoms with Crippen LogP contribution >= 0.6 is 0 Å². The second-order valence-electron chi connectivity index (χ2n) is 6.94. The lowest BCUT2D eigenvalue weighted by Gasteiger charge is -2.36. The predicted octanol–water partition coefficient (Wildman–Crippen LogP) is 3.45. The van der Waals surface area contributed by atoms with Crippen LogP contribution in [0.5, 0.6) is 0 Å². The lowest BCUT2D eigenvalue weighted by Crippen LogP contribution is -2.47. The summed E-state index contributed by atoms with van der Waals surface area (Å²) < 4.78 is 37.1. The molecule has 0 aromatic heterocycles. The van der Waals surface area contributed by atoms with Gasteiger partial charge in [-0.1, -0.05) is 30.3 Å². The molecule has 3 heterocycles. The van der Waals surface area contributed by atoms with Crippen molar-refractivity contribution in [3.05, 3.63) is 35.9 Å². The monoisotopic (exact) mass is 340 g/mol. The Morgan fingerprint density at radius 1 is 1.08 bits per heavy atom. The highest BCUT2D eigenvalue weighted by atomic mass is 19.4. The first kappa shape index (κ1) is 17.3. The van der Waals surface area contributed by atoms with E-state index in [1.807, 2.05) is 18.2 Å². The summed E-state index contributed by atoms with van der Waals surface area (Å²) in [4.78, 5) is 16.3. The van der Waals surface area contributed by atoms with Crippen molar-refractivity contribution in [3.8, 4) is 0 Å². The second-order valence-corrected chi connectivity index (χ2v) is 6.94. The van der Waals surface area contributed by atoms with Crippen molar-refractivity contribution in [1.82, 2.24) is 9.80 Å². The van der Waals surface area contributed by atoms with Gasteiger partial charge >= 0.3 is 6.18 Å². The molecular formula is C18H23F3N2O. The zero-order valence-corrected chi connectivity index (χ0v) is 13.6. The Bertz CT molecular complexity index is 561. The first-order chi connectivity index (χ1) is 11.4. The lowest BCUT2D eigenvalue weighted by atomic mass is 9.94. The van der Waals surface area contributed by atoms with E-state index in [0.717, 1.165) is 32.5 Å². The Labute approximate surface area is 140 Å². The number of carbonyl (C=O) groups excluding carboxylic acids is 1. The van der Waals surface area contributed by atoms with Gasteiger partial charge in [-0.2, -0.15) is 13.2 Å². The molecule has 3 nitrogen and oxygen atoms in total. The first-order valence-corrected chi connectivity index (χ1v) is 8.53. The SMILES string of the molecule is O=C(CCC(F)(F)F)N1C[C@@H]2CC[C@H]1CN(Cc1ccccc1)C2. The standard InChI is InChI=1S/C18H23F3N2O/c19-18(20,21)9-8-17(24)23-12-15-6-7-16(23)13-22(11-15)10-14-4-2-1-3-5-14/h1-5,15-16H,6-13H2/t15-,16+/m1/s1. The molecule has 4 rings (SSSR count). The van der Waals surface area contributed by atoms with Gasteiger partial charge in [0.05, 0.1) is 6.42 Å². The molecule has 3 fully saturated rings. The molecule has 3 aliphatic rings. The van der Waals surface area contributed by atoms with Gasteiger partial charge in [-0.3, -0.25) is 9.69 Å². The van der Waals surface area contributed by atoms with E-state index in [9.17, 15) is 18.0 Å². The fourth-order valence-corrected chi connectivity index (χ4v) is 3.85. The average molecular weight is 340 g/mol. The van der Waals surface area contributed by atoms with E-state index >= 15 is 0 Å². The fraction of sp³-hybridized carbons (Fsp3) is 0.611. The summed E-state index contributed by atoms with van der Waals surface area (Å²) in [5.41, 5.74) is 1.23. The van der Waals surface area contributed by atoms with E-state index in [1.165, 1.54) is 5.56 Å². The molecule has 0 radical (unpaired) electrons. The Morgan fingerprint density at radius 3 is 2.54 bits per heavy atom. The minimum Gasteiger partial charge on any atom is -0.338 e. The number of amides is 1. The average Bonchev–Trinajstić information content (AvgIpc) is 2.83. The van der Waals surface area contributed by atoms with Gasteiger partial charge in [0.1, 0.15) is 0 Å². The quantitative estimate of drug-likeness (QED) is 0.838. The summed E-state index contributed by atoms with van der Waals surface area (Å²) >= 11 is 0. The van der Waals surface area contributed by atoms with Crippen LogP contribution in [0.2, 0.25) is 0 Å². The van der Waals surface area contributed by atoms with Crippen molar-refractivity contribution in [3.63, 3.8) is 0 Å². The van der Waals surface area contributed by atoms with Gasteiger partial charge in [0.15, 0.2) is 0 Å². The van der Waals surface area contributed by atoms with Crippen LogP contribution < -0.4 is 0 Å². The molecule has 3 aliphatic heterocycles. The van der Waals surface area contributed by atoms with Crippen molar-refractivity contribution < 1.29 is 18.0 Å². The van der Waals surface area contributed by atoms with Crippen LogP contribution in [0.3, 0.4) is 0 Å². The number of piperidine rings is 1. The van der Waals surface area contributed by atoms with Gasteiger partial charge in [-0.15, -0.1) is 0 Å². The highest BCUT2D eigenvalue weighted by Crippen LogP contribution is 2.30. The Hall–Kier alpha value is -1.56. The first-order valence-electron chi connectivity index (χ1n) is 8.53. The number of benzene rings is 1. The van der Waals surface area contributed by atoms with Crippen LogP contribution in [0.25, 0.3) is 0 Å². The zero-order valence-electron chi connectivity index (χ0n) is 13.6. The normalized spacial score (nSPS) is 24.9. The van der Waals surface area contributed by atoms with Gasteiger partial charge in [-0.25, -0.2) is 0 Å². The number of fused-ring (bicyclic) bond motifs is 4. The highest BCUT2D eigenvalue weighted by molar-refractivity contribution is 5.76. The van der Waals surface area contributed by atoms with Crippen molar-refractivity contribution in [2.75, 3.05) is 19.6 Å². The molecule has 24 heavy (non-hydrogen) atoms. The van der Waals surface area contributed by atoms with Crippen LogP contribution in [0.1, 0.15) is 31.2 Å². The summed E-state index contributed by atoms with van der Waals surface area (Å²) in [5, 5.41) is 0. The largest absolute Gasteiger partial charge is 0.389 e. The van der Waals surface area contributed by atoms with E-state index < -0.39 is 19.0 Å². The Kier molecular flexibility index (Phi) is 5.13. The van der Waals surface area contributed by atoms with Gasteiger partial charge in [0, 0.05) is 38.6 Å². The molecule has 0 aliphatic carbocycles. The number of hydrogen-bond acceptors (Lipinski definition) is 2. The highest BCUT2D eigenvalue weighted by Gasteiger charge is 2.38. The molecule has 2 bridgehead atoms. The van der Waals surface area contributed by atoms with Crippen molar-refractivity contribution in [1.29, 1.82) is 0 Å². The Morgan fingerprint density at radius 2 is 1.83 bits per heavy atom. The van der Waals surface area contributed by atoms with E-state index in [0.29, 0.717) is 12.5 Å². The maximum atomic E-state index is 12.4. The zero-order chi connectivity index (χ0) is 17.2. The fourth-order valence-electron chi connectivity index (χ4n) is 3.85. The van der Waals surface area contributed by atoms with Crippen LogP contribution in [0, 0.1) is 5.92 Å². The number of halogens is 3. The number of carbonyl (C=O) groups is 1. The molecule has 0 spiro atoms. The van der Waals surface area contributed by atoms with Gasteiger partial charge in [-0.05, 0) is 24.3 Å². The topological polar surface area (TPSA) is 23.6 Å². The third-order valence-electron chi connectivity index (χ3n) is 4.98. The molecule has 0 saturated carbocycles. The Balaban J connectivity index is 1.62.